The molecule has 5 heteroatoms. The molecule has 0 radical (unpaired) electrons. The van der Waals surface area contributed by atoms with Gasteiger partial charge in [0, 0.05) is 32.7 Å². The van der Waals surface area contributed by atoms with Gasteiger partial charge < -0.3 is 15.0 Å². The number of ether oxygens (including phenoxy) is 1. The highest BCUT2D eigenvalue weighted by molar-refractivity contribution is 5.32. The van der Waals surface area contributed by atoms with E-state index >= 15 is 0 Å². The van der Waals surface area contributed by atoms with Crippen molar-refractivity contribution in [3.8, 4) is 0 Å². The molecule has 0 bridgehead atoms. The number of nitrogens with zero attached hydrogens (tertiary/aromatic N) is 1. The first-order chi connectivity index (χ1) is 12.7. The van der Waals surface area contributed by atoms with Crippen molar-refractivity contribution in [2.75, 3.05) is 53.0 Å². The van der Waals surface area contributed by atoms with Crippen LogP contribution in [0, 0.1) is 25.7 Å². The molecule has 146 valence electrons. The van der Waals surface area contributed by atoms with Gasteiger partial charge in [0.1, 0.15) is 0 Å². The molecule has 0 spiro atoms. The summed E-state index contributed by atoms with van der Waals surface area (Å²) in [6.45, 7) is 12.0. The molecule has 3 N–H and O–H groups in total. The number of likely N-dealkylation sites (tertiary alicyclic amines) is 1. The fourth-order valence-electron chi connectivity index (χ4n) is 4.15. The summed E-state index contributed by atoms with van der Waals surface area (Å²) in [7, 11) is 1.79. The third-order valence-corrected chi connectivity index (χ3v) is 6.14. The Morgan fingerprint density at radius 2 is 1.96 bits per heavy atom. The zero-order valence-corrected chi connectivity index (χ0v) is 16.7. The van der Waals surface area contributed by atoms with Crippen LogP contribution in [0.25, 0.3) is 0 Å². The SMILES string of the molecule is COCCN1CCC(CNCC2CNNC2c2ccc(C)c(C)c2)CC1. The lowest BCUT2D eigenvalue weighted by Gasteiger charge is -2.32. The predicted molar refractivity (Wildman–Crippen MR) is 107 cm³/mol. The smallest absolute Gasteiger partial charge is 0.0589 e. The second kappa shape index (κ2) is 9.81. The van der Waals surface area contributed by atoms with Gasteiger partial charge in [0.05, 0.1) is 12.6 Å². The lowest BCUT2D eigenvalue weighted by molar-refractivity contribution is 0.119. The first-order valence-corrected chi connectivity index (χ1v) is 10.1. The van der Waals surface area contributed by atoms with Crippen LogP contribution in [-0.2, 0) is 4.74 Å². The Morgan fingerprint density at radius 1 is 1.15 bits per heavy atom. The number of hydrogen-bond donors (Lipinski definition) is 3. The molecule has 2 atom stereocenters. The number of aryl methyl sites for hydroxylation is 2. The lowest BCUT2D eigenvalue weighted by Crippen LogP contribution is -2.40. The number of hydrazine groups is 1. The number of nitrogens with one attached hydrogen (secondary N) is 3. The molecule has 1 aromatic carbocycles. The van der Waals surface area contributed by atoms with E-state index in [1.54, 1.807) is 7.11 Å². The van der Waals surface area contributed by atoms with Crippen LogP contribution in [0.3, 0.4) is 0 Å². The van der Waals surface area contributed by atoms with Crippen LogP contribution >= 0.6 is 0 Å². The van der Waals surface area contributed by atoms with E-state index in [4.69, 9.17) is 4.74 Å². The zero-order valence-electron chi connectivity index (χ0n) is 16.7. The largest absolute Gasteiger partial charge is 0.383 e. The molecule has 2 aliphatic rings. The van der Waals surface area contributed by atoms with Crippen LogP contribution in [-0.4, -0.2) is 57.9 Å². The summed E-state index contributed by atoms with van der Waals surface area (Å²) >= 11 is 0. The van der Waals surface area contributed by atoms with Gasteiger partial charge in [-0.05, 0) is 68.9 Å². The second-order valence-electron chi connectivity index (χ2n) is 8.04. The van der Waals surface area contributed by atoms with Crippen molar-refractivity contribution in [1.29, 1.82) is 0 Å². The van der Waals surface area contributed by atoms with E-state index in [9.17, 15) is 0 Å². The molecule has 1 aromatic rings. The first kappa shape index (κ1) is 19.8. The Bertz CT molecular complexity index is 557. The summed E-state index contributed by atoms with van der Waals surface area (Å²) < 4.78 is 5.19. The van der Waals surface area contributed by atoms with Gasteiger partial charge >= 0.3 is 0 Å². The molecule has 0 aliphatic carbocycles. The molecule has 0 aromatic heterocycles. The third kappa shape index (κ3) is 5.27. The Labute approximate surface area is 158 Å². The van der Waals surface area contributed by atoms with Gasteiger partial charge in [0.25, 0.3) is 0 Å². The summed E-state index contributed by atoms with van der Waals surface area (Å²) in [5.41, 5.74) is 11.0. The Morgan fingerprint density at radius 3 is 2.69 bits per heavy atom. The molecule has 3 rings (SSSR count). The molecule has 5 nitrogen and oxygen atoms in total. The summed E-state index contributed by atoms with van der Waals surface area (Å²) in [5, 5.41) is 3.76. The van der Waals surface area contributed by atoms with Crippen LogP contribution in [0.4, 0.5) is 0 Å². The second-order valence-corrected chi connectivity index (χ2v) is 8.04. The minimum atomic E-state index is 0.401. The Kier molecular flexibility index (Phi) is 7.46. The zero-order chi connectivity index (χ0) is 18.4. The summed E-state index contributed by atoms with van der Waals surface area (Å²) in [5.74, 6) is 1.41. The maximum Gasteiger partial charge on any atom is 0.0589 e. The molecule has 26 heavy (non-hydrogen) atoms. The van der Waals surface area contributed by atoms with Crippen LogP contribution in [0.2, 0.25) is 0 Å². The van der Waals surface area contributed by atoms with Crippen molar-refractivity contribution < 1.29 is 4.74 Å². The average molecular weight is 361 g/mol. The van der Waals surface area contributed by atoms with Crippen molar-refractivity contribution in [1.82, 2.24) is 21.1 Å². The molecule has 0 amide bonds. The van der Waals surface area contributed by atoms with E-state index in [0.717, 1.165) is 38.7 Å². The maximum atomic E-state index is 5.19. The van der Waals surface area contributed by atoms with Crippen molar-refractivity contribution >= 4 is 0 Å². The topological polar surface area (TPSA) is 48.6 Å². The lowest BCUT2D eigenvalue weighted by atomic mass is 9.92. The van der Waals surface area contributed by atoms with Crippen LogP contribution in [0.1, 0.15) is 35.6 Å². The van der Waals surface area contributed by atoms with Gasteiger partial charge in [0.15, 0.2) is 0 Å². The number of piperidine rings is 1. The standard InChI is InChI=1S/C21H36N4O/c1-16-4-5-19(12-17(16)2)21-20(15-23-24-21)14-22-13-18-6-8-25(9-7-18)10-11-26-3/h4-5,12,18,20-24H,6-11,13-15H2,1-3H3. The van der Waals surface area contributed by atoms with Gasteiger partial charge in [0.2, 0.25) is 0 Å². The van der Waals surface area contributed by atoms with E-state index in [2.05, 4.69) is 53.1 Å². The molecule has 0 saturated carbocycles. The van der Waals surface area contributed by atoms with Gasteiger partial charge in [-0.2, -0.15) is 0 Å². The minimum Gasteiger partial charge on any atom is -0.383 e. The van der Waals surface area contributed by atoms with Gasteiger partial charge in [-0.3, -0.25) is 5.43 Å². The monoisotopic (exact) mass is 360 g/mol. The van der Waals surface area contributed by atoms with Crippen molar-refractivity contribution in [3.63, 3.8) is 0 Å². The Balaban J connectivity index is 1.41. The van der Waals surface area contributed by atoms with Crippen molar-refractivity contribution in [2.45, 2.75) is 32.7 Å². The molecule has 2 unspecified atom stereocenters. The predicted octanol–water partition coefficient (Wildman–Crippen LogP) is 2.02. The number of benzene rings is 1. The average Bonchev–Trinajstić information content (AvgIpc) is 3.12. The highest BCUT2D eigenvalue weighted by atomic mass is 16.5. The first-order valence-electron chi connectivity index (χ1n) is 10.1. The molecule has 2 heterocycles. The third-order valence-electron chi connectivity index (χ3n) is 6.14. The van der Waals surface area contributed by atoms with Crippen LogP contribution < -0.4 is 16.2 Å². The van der Waals surface area contributed by atoms with Crippen molar-refractivity contribution in [3.05, 3.63) is 34.9 Å². The number of rotatable bonds is 8. The molecule has 2 fully saturated rings. The van der Waals surface area contributed by atoms with Gasteiger partial charge in [-0.25, -0.2) is 5.43 Å². The Hall–Kier alpha value is -0.980. The quantitative estimate of drug-likeness (QED) is 0.662. The van der Waals surface area contributed by atoms with E-state index in [-0.39, 0.29) is 0 Å². The van der Waals surface area contributed by atoms with Crippen molar-refractivity contribution in [2.24, 2.45) is 11.8 Å². The molecule has 2 aliphatic heterocycles. The maximum absolute atomic E-state index is 5.19. The van der Waals surface area contributed by atoms with E-state index in [0.29, 0.717) is 12.0 Å². The van der Waals surface area contributed by atoms with Crippen LogP contribution in [0.15, 0.2) is 18.2 Å². The fourth-order valence-corrected chi connectivity index (χ4v) is 4.15. The molecule has 2 saturated heterocycles. The minimum absolute atomic E-state index is 0.401. The van der Waals surface area contributed by atoms with E-state index < -0.39 is 0 Å². The number of hydrogen-bond acceptors (Lipinski definition) is 5. The normalized spacial score (nSPS) is 25.0. The summed E-state index contributed by atoms with van der Waals surface area (Å²) in [4.78, 5) is 2.53. The highest BCUT2D eigenvalue weighted by Crippen LogP contribution is 2.26. The van der Waals surface area contributed by atoms with Gasteiger partial charge in [-0.15, -0.1) is 0 Å². The molecular weight excluding hydrogens is 324 g/mol. The number of methoxy groups -OCH3 is 1. The van der Waals surface area contributed by atoms with Gasteiger partial charge in [-0.1, -0.05) is 18.2 Å². The molecular formula is C21H36N4O. The highest BCUT2D eigenvalue weighted by Gasteiger charge is 2.28. The van der Waals surface area contributed by atoms with Crippen LogP contribution in [0.5, 0.6) is 0 Å². The van der Waals surface area contributed by atoms with E-state index in [1.165, 1.54) is 42.6 Å². The summed E-state index contributed by atoms with van der Waals surface area (Å²) in [6, 6.07) is 7.25. The summed E-state index contributed by atoms with van der Waals surface area (Å²) in [6.07, 6.45) is 2.61. The van der Waals surface area contributed by atoms with E-state index in [1.807, 2.05) is 0 Å². The fraction of sp³-hybridized carbons (Fsp3) is 0.714.